The molecule has 2 aromatic carbocycles. The molecule has 5 nitrogen and oxygen atoms in total. The number of benzene rings is 2. The van der Waals surface area contributed by atoms with Crippen LogP contribution in [0.25, 0.3) is 10.9 Å². The smallest absolute Gasteiger partial charge is 0.411 e. The number of likely N-dealkylation sites (tertiary alicyclic amines) is 1. The van der Waals surface area contributed by atoms with Crippen molar-refractivity contribution in [2.24, 2.45) is 5.92 Å². The second-order valence-electron chi connectivity index (χ2n) is 8.99. The van der Waals surface area contributed by atoms with Gasteiger partial charge in [-0.2, -0.15) is 0 Å². The number of aromatic nitrogens is 1. The van der Waals surface area contributed by atoms with E-state index in [-0.39, 0.29) is 17.9 Å². The van der Waals surface area contributed by atoms with Crippen LogP contribution in [0.15, 0.2) is 48.5 Å². The van der Waals surface area contributed by atoms with Crippen LogP contribution in [-0.2, 0) is 23.0 Å². The number of hydrogen-bond donors (Lipinski definition) is 1. The molecule has 0 saturated carbocycles. The molecule has 1 N–H and O–H groups in total. The highest BCUT2D eigenvalue weighted by molar-refractivity contribution is 6.67. The van der Waals surface area contributed by atoms with Crippen molar-refractivity contribution in [3.05, 3.63) is 65.4 Å². The summed E-state index contributed by atoms with van der Waals surface area (Å²) in [7, 11) is 1.67. The molecule has 0 radical (unpaired) electrons. The van der Waals surface area contributed by atoms with E-state index in [4.69, 9.17) is 55.9 Å². The number of fused-ring (bicyclic) bond motifs is 4. The van der Waals surface area contributed by atoms with Gasteiger partial charge in [0.15, 0.2) is 0 Å². The summed E-state index contributed by atoms with van der Waals surface area (Å²) in [6.07, 6.45) is 1.65. The van der Waals surface area contributed by atoms with Crippen LogP contribution < -0.4 is 4.74 Å². The quantitative estimate of drug-likeness (QED) is 0.300. The number of H-pyrrole nitrogens is 1. The normalized spacial score (nSPS) is 24.4. The fourth-order valence-corrected chi connectivity index (χ4v) is 6.28. The van der Waals surface area contributed by atoms with E-state index in [1.54, 1.807) is 12.0 Å². The topological polar surface area (TPSA) is 54.6 Å². The summed E-state index contributed by atoms with van der Waals surface area (Å²) in [5, 5.41) is 1.19. The average Bonchev–Trinajstić information content (AvgIpc) is 3.18. The summed E-state index contributed by atoms with van der Waals surface area (Å²) in [5.74, 6) is 0.741. The maximum Gasteiger partial charge on any atom is 0.411 e. The molecule has 9 heteroatoms. The Morgan fingerprint density at radius 2 is 2.00 bits per heavy atom. The number of para-hydroxylation sites is 1. The summed E-state index contributed by atoms with van der Waals surface area (Å²) < 4.78 is 9.12. The molecule has 1 aliphatic heterocycles. The molecule has 2 aliphatic rings. The molecule has 3 atom stereocenters. The van der Waals surface area contributed by atoms with Gasteiger partial charge in [-0.1, -0.05) is 76.7 Å². The Labute approximate surface area is 218 Å². The Hall–Kier alpha value is -1.79. The van der Waals surface area contributed by atoms with Crippen LogP contribution in [0.1, 0.15) is 23.2 Å². The zero-order valence-corrected chi connectivity index (χ0v) is 21.5. The van der Waals surface area contributed by atoms with Crippen molar-refractivity contribution >= 4 is 63.4 Å². The van der Waals surface area contributed by atoms with Gasteiger partial charge in [0, 0.05) is 34.5 Å². The average molecular weight is 542 g/mol. The van der Waals surface area contributed by atoms with Crippen LogP contribution >= 0.6 is 46.4 Å². The molecule has 0 spiro atoms. The molecule has 1 saturated heterocycles. The number of carbonyl (C=O) groups excluding carboxylic acids is 1. The Balaban J connectivity index is 1.56. The van der Waals surface area contributed by atoms with E-state index in [1.807, 2.05) is 24.3 Å². The minimum Gasteiger partial charge on any atom is -0.497 e. The zero-order valence-electron chi connectivity index (χ0n) is 18.5. The molecule has 1 amide bonds. The minimum atomic E-state index is -1.68. The number of nitrogens with zero attached hydrogens (tertiary/aromatic N) is 1. The highest BCUT2D eigenvalue weighted by Crippen LogP contribution is 2.52. The number of amides is 1. The van der Waals surface area contributed by atoms with Crippen LogP contribution in [-0.4, -0.2) is 45.5 Å². The first kappa shape index (κ1) is 23.9. The van der Waals surface area contributed by atoms with Crippen molar-refractivity contribution in [1.29, 1.82) is 0 Å². The van der Waals surface area contributed by atoms with E-state index in [0.29, 0.717) is 13.0 Å². The molecule has 1 aliphatic carbocycles. The van der Waals surface area contributed by atoms with Gasteiger partial charge in [0.2, 0.25) is 3.79 Å². The van der Waals surface area contributed by atoms with E-state index >= 15 is 0 Å². The van der Waals surface area contributed by atoms with Gasteiger partial charge in [-0.15, -0.1) is 0 Å². The second-order valence-corrected chi connectivity index (χ2v) is 12.0. The third-order valence-corrected chi connectivity index (χ3v) is 8.06. The molecule has 0 bridgehead atoms. The predicted octanol–water partition coefficient (Wildman–Crippen LogP) is 6.61. The lowest BCUT2D eigenvalue weighted by atomic mass is 9.58. The fourth-order valence-electron chi connectivity index (χ4n) is 5.61. The first-order valence-corrected chi connectivity index (χ1v) is 12.7. The Morgan fingerprint density at radius 1 is 1.21 bits per heavy atom. The van der Waals surface area contributed by atoms with Gasteiger partial charge < -0.3 is 14.5 Å². The van der Waals surface area contributed by atoms with Gasteiger partial charge in [-0.05, 0) is 48.6 Å². The van der Waals surface area contributed by atoms with Crippen LogP contribution in [0.4, 0.5) is 4.79 Å². The highest BCUT2D eigenvalue weighted by atomic mass is 35.6. The summed E-state index contributed by atoms with van der Waals surface area (Å²) in [6.45, 7) is 0.0883. The van der Waals surface area contributed by atoms with Crippen LogP contribution in [0, 0.1) is 5.92 Å². The summed E-state index contributed by atoms with van der Waals surface area (Å²) in [6, 6.07) is 16.4. The van der Waals surface area contributed by atoms with E-state index in [2.05, 4.69) is 29.2 Å². The molecule has 34 heavy (non-hydrogen) atoms. The van der Waals surface area contributed by atoms with E-state index < -0.39 is 15.4 Å². The largest absolute Gasteiger partial charge is 0.497 e. The van der Waals surface area contributed by atoms with Gasteiger partial charge in [0.25, 0.3) is 0 Å². The lowest BCUT2D eigenvalue weighted by molar-refractivity contribution is 0.0400. The molecular formula is C25H24Cl4N2O3. The molecule has 1 aromatic heterocycles. The number of hydrogen-bond acceptors (Lipinski definition) is 3. The number of alkyl halides is 4. The lowest BCUT2D eigenvalue weighted by Crippen LogP contribution is -2.58. The highest BCUT2D eigenvalue weighted by Gasteiger charge is 2.53. The number of carbonyl (C=O) groups is 1. The van der Waals surface area contributed by atoms with Crippen molar-refractivity contribution in [3.63, 3.8) is 0 Å². The lowest BCUT2D eigenvalue weighted by Gasteiger charge is -2.53. The van der Waals surface area contributed by atoms with Gasteiger partial charge in [-0.3, -0.25) is 4.90 Å². The summed E-state index contributed by atoms with van der Waals surface area (Å²) >= 11 is 24.4. The van der Waals surface area contributed by atoms with Crippen LogP contribution in [0.2, 0.25) is 0 Å². The first-order valence-electron chi connectivity index (χ1n) is 11.1. The second kappa shape index (κ2) is 9.02. The van der Waals surface area contributed by atoms with Gasteiger partial charge in [0.1, 0.15) is 17.9 Å². The third-order valence-electron chi connectivity index (χ3n) is 7.20. The Bertz CT molecular complexity index is 1220. The van der Waals surface area contributed by atoms with Gasteiger partial charge in [-0.25, -0.2) is 4.79 Å². The van der Waals surface area contributed by atoms with Gasteiger partial charge in [0.05, 0.1) is 7.11 Å². The van der Waals surface area contributed by atoms with Crippen molar-refractivity contribution in [3.8, 4) is 5.75 Å². The van der Waals surface area contributed by atoms with Crippen molar-refractivity contribution < 1.29 is 14.3 Å². The van der Waals surface area contributed by atoms with Crippen LogP contribution in [0.5, 0.6) is 5.75 Å². The third kappa shape index (κ3) is 4.21. The van der Waals surface area contributed by atoms with Crippen molar-refractivity contribution in [1.82, 2.24) is 9.88 Å². The van der Waals surface area contributed by atoms with Crippen LogP contribution in [0.3, 0.4) is 0 Å². The number of aromatic amines is 1. The minimum absolute atomic E-state index is 0.0537. The number of nitrogens with one attached hydrogen (secondary N) is 1. The molecule has 3 aromatic rings. The Kier molecular flexibility index (Phi) is 6.34. The van der Waals surface area contributed by atoms with Crippen molar-refractivity contribution in [2.45, 2.75) is 34.0 Å². The maximum absolute atomic E-state index is 12.9. The predicted molar refractivity (Wildman–Crippen MR) is 136 cm³/mol. The first-order chi connectivity index (χ1) is 16.2. The molecular weight excluding hydrogens is 518 g/mol. The number of rotatable bonds is 3. The maximum atomic E-state index is 12.9. The van der Waals surface area contributed by atoms with Crippen molar-refractivity contribution in [2.75, 3.05) is 20.3 Å². The van der Waals surface area contributed by atoms with Gasteiger partial charge >= 0.3 is 6.09 Å². The fraction of sp³-hybridized carbons (Fsp3) is 0.400. The Morgan fingerprint density at radius 3 is 2.76 bits per heavy atom. The molecule has 2 unspecified atom stereocenters. The van der Waals surface area contributed by atoms with E-state index in [1.165, 1.54) is 16.6 Å². The number of piperidine rings is 1. The molecule has 5 rings (SSSR count). The SMILES string of the molecule is COc1cccc([C@]23CCN(C(=O)OCC(Cl)(Cl)Cl)C(Cl)C2Cc2c([nH]c4ccccc24)C3)c1. The molecule has 1 fully saturated rings. The number of ether oxygens (including phenoxy) is 2. The van der Waals surface area contributed by atoms with E-state index in [9.17, 15) is 4.79 Å². The van der Waals surface area contributed by atoms with E-state index in [0.717, 1.165) is 29.7 Å². The summed E-state index contributed by atoms with van der Waals surface area (Å²) in [5.41, 5.74) is 3.86. The number of methoxy groups -OCH3 is 1. The summed E-state index contributed by atoms with van der Waals surface area (Å²) in [4.78, 5) is 18.1. The zero-order chi connectivity index (χ0) is 24.1. The standard InChI is InChI=1S/C25H24Cl4N2O3/c1-33-16-6-4-5-15(11-16)24-9-10-31(23(32)34-14-25(27,28)29)22(26)19(24)12-18-17-7-2-3-8-20(17)30-21(18)13-24/h2-8,11,19,22,30H,9-10,12-14H2,1H3/t19?,22?,24-/m1/s1. The molecule has 2 heterocycles. The number of halogens is 4. The monoisotopic (exact) mass is 540 g/mol. The molecule has 180 valence electrons.